The smallest absolute Gasteiger partial charge is 0.338 e. The Labute approximate surface area is 206 Å². The molecule has 0 aromatic heterocycles. The van der Waals surface area contributed by atoms with Crippen LogP contribution in [0.3, 0.4) is 0 Å². The van der Waals surface area contributed by atoms with Crippen LogP contribution in [0.15, 0.2) is 41.5 Å². The zero-order chi connectivity index (χ0) is 26.9. The molecule has 37 heavy (non-hydrogen) atoms. The first kappa shape index (κ1) is 25.1. The van der Waals surface area contributed by atoms with Crippen molar-refractivity contribution in [2.75, 3.05) is 12.0 Å². The predicted molar refractivity (Wildman–Crippen MR) is 125 cm³/mol. The summed E-state index contributed by atoms with van der Waals surface area (Å²) in [6.45, 7) is -0.0484. The third kappa shape index (κ3) is 5.31. The molecule has 2 aliphatic rings. The van der Waals surface area contributed by atoms with Crippen LogP contribution in [0.5, 0.6) is 0 Å². The highest BCUT2D eigenvalue weighted by Crippen LogP contribution is 2.47. The van der Waals surface area contributed by atoms with Gasteiger partial charge in [0.25, 0.3) is 17.1 Å². The molecule has 1 N–H and O–H groups in total. The molecule has 16 heteroatoms. The second-order valence-corrected chi connectivity index (χ2v) is 8.69. The lowest BCUT2D eigenvalue weighted by Gasteiger charge is -2.23. The van der Waals surface area contributed by atoms with Gasteiger partial charge in [0.2, 0.25) is 0 Å². The average Bonchev–Trinajstić information content (AvgIpc) is 3.45. The van der Waals surface area contributed by atoms with Crippen molar-refractivity contribution in [2.45, 2.75) is 19.3 Å². The quantitative estimate of drug-likeness (QED) is 0.286. The van der Waals surface area contributed by atoms with E-state index < -0.39 is 48.4 Å². The van der Waals surface area contributed by atoms with Crippen LogP contribution in [0, 0.1) is 58.2 Å². The molecule has 0 radical (unpaired) electrons. The van der Waals surface area contributed by atoms with Crippen molar-refractivity contribution < 1.29 is 29.2 Å². The van der Waals surface area contributed by atoms with Gasteiger partial charge in [-0.15, -0.1) is 0 Å². The molecule has 0 aliphatic heterocycles. The maximum absolute atomic E-state index is 12.5. The second kappa shape index (κ2) is 9.92. The molecule has 16 nitrogen and oxygen atoms in total. The van der Waals surface area contributed by atoms with E-state index in [-0.39, 0.29) is 35.6 Å². The first-order valence-corrected chi connectivity index (χ1v) is 10.9. The van der Waals surface area contributed by atoms with Crippen LogP contribution in [0.25, 0.3) is 0 Å². The number of ether oxygens (including phenoxy) is 1. The molecule has 4 rings (SSSR count). The Bertz CT molecular complexity index is 1330. The Hall–Kier alpha value is -5.02. The van der Waals surface area contributed by atoms with Gasteiger partial charge in [0, 0.05) is 35.7 Å². The van der Waals surface area contributed by atoms with Crippen LogP contribution in [-0.4, -0.2) is 38.0 Å². The van der Waals surface area contributed by atoms with Crippen molar-refractivity contribution in [2.24, 2.45) is 22.9 Å². The van der Waals surface area contributed by atoms with E-state index in [4.69, 9.17) is 4.74 Å². The molecule has 2 bridgehead atoms. The number of benzene rings is 2. The number of hydrogen-bond acceptors (Lipinski definition) is 12. The van der Waals surface area contributed by atoms with Crippen molar-refractivity contribution in [3.05, 3.63) is 82.4 Å². The number of non-ortho nitro benzene ring substituents is 3. The number of nitrogens with one attached hydrogen (secondary N) is 1. The standard InChI is InChI=1S/C21H18N6O10/c28-21(12-6-15(25(31)32)8-16(7-12)26(33)34)37-10-13-3-11-4-17(13)19(5-11)23-22-18-2-1-14(24(29)30)9-20(18)27(35)36/h1-2,6-9,11,13,17,22H,3-5,10H2/b23-19+. The number of carbonyl (C=O) groups is 1. The molecule has 0 saturated heterocycles. The van der Waals surface area contributed by atoms with Gasteiger partial charge in [0.1, 0.15) is 5.69 Å². The average molecular weight is 514 g/mol. The fraction of sp³-hybridized carbons (Fsp3) is 0.333. The fourth-order valence-electron chi connectivity index (χ4n) is 4.78. The summed E-state index contributed by atoms with van der Waals surface area (Å²) < 4.78 is 5.32. The van der Waals surface area contributed by atoms with E-state index in [1.165, 1.54) is 6.07 Å². The molecular weight excluding hydrogens is 496 g/mol. The Morgan fingerprint density at radius 1 is 0.892 bits per heavy atom. The van der Waals surface area contributed by atoms with Gasteiger partial charge in [-0.05, 0) is 31.2 Å². The Balaban J connectivity index is 1.44. The lowest BCUT2D eigenvalue weighted by molar-refractivity contribution is -0.394. The molecule has 3 atom stereocenters. The molecule has 2 saturated carbocycles. The lowest BCUT2D eigenvalue weighted by Crippen LogP contribution is -2.26. The Morgan fingerprint density at radius 3 is 2.11 bits per heavy atom. The number of hydrazone groups is 1. The van der Waals surface area contributed by atoms with E-state index in [1.54, 1.807) is 0 Å². The number of rotatable bonds is 9. The lowest BCUT2D eigenvalue weighted by atomic mass is 9.88. The molecule has 192 valence electrons. The van der Waals surface area contributed by atoms with Gasteiger partial charge in [0.15, 0.2) is 0 Å². The van der Waals surface area contributed by atoms with Gasteiger partial charge >= 0.3 is 11.7 Å². The number of carbonyl (C=O) groups excluding carboxylic acids is 1. The zero-order valence-electron chi connectivity index (χ0n) is 18.8. The zero-order valence-corrected chi connectivity index (χ0v) is 18.8. The highest BCUT2D eigenvalue weighted by Gasteiger charge is 2.44. The minimum Gasteiger partial charge on any atom is -0.462 e. The van der Waals surface area contributed by atoms with Crippen LogP contribution >= 0.6 is 0 Å². The van der Waals surface area contributed by atoms with E-state index in [2.05, 4.69) is 10.5 Å². The molecule has 0 spiro atoms. The maximum Gasteiger partial charge on any atom is 0.338 e. The normalized spacial score (nSPS) is 21.0. The predicted octanol–water partition coefficient (Wildman–Crippen LogP) is 3.99. The first-order chi connectivity index (χ1) is 17.5. The van der Waals surface area contributed by atoms with Crippen LogP contribution in [0.1, 0.15) is 29.6 Å². The molecule has 3 unspecified atom stereocenters. The van der Waals surface area contributed by atoms with Gasteiger partial charge in [0.05, 0.1) is 44.0 Å². The minimum atomic E-state index is -0.937. The summed E-state index contributed by atoms with van der Waals surface area (Å²) in [7, 11) is 0. The third-order valence-corrected chi connectivity index (χ3v) is 6.42. The number of esters is 1. The summed E-state index contributed by atoms with van der Waals surface area (Å²) in [6, 6.07) is 5.72. The summed E-state index contributed by atoms with van der Waals surface area (Å²) in [5, 5.41) is 48.6. The van der Waals surface area contributed by atoms with Crippen LogP contribution in [0.4, 0.5) is 28.4 Å². The van der Waals surface area contributed by atoms with Crippen molar-refractivity contribution in [3.8, 4) is 0 Å². The van der Waals surface area contributed by atoms with Gasteiger partial charge in [-0.25, -0.2) is 4.79 Å². The summed E-state index contributed by atoms with van der Waals surface area (Å²) in [4.78, 5) is 53.7. The van der Waals surface area contributed by atoms with Crippen molar-refractivity contribution in [1.29, 1.82) is 0 Å². The molecule has 2 aliphatic carbocycles. The molecule has 0 amide bonds. The molecule has 2 fully saturated rings. The largest absolute Gasteiger partial charge is 0.462 e. The highest BCUT2D eigenvalue weighted by molar-refractivity contribution is 5.92. The van der Waals surface area contributed by atoms with E-state index in [9.17, 15) is 45.3 Å². The number of fused-ring (bicyclic) bond motifs is 2. The molecular formula is C21H18N6O10. The maximum atomic E-state index is 12.5. The minimum absolute atomic E-state index is 0.0129. The van der Waals surface area contributed by atoms with E-state index >= 15 is 0 Å². The summed E-state index contributed by atoms with van der Waals surface area (Å²) in [6.07, 6.45) is 2.11. The number of nitrogens with zero attached hydrogens (tertiary/aromatic N) is 5. The molecule has 2 aromatic carbocycles. The van der Waals surface area contributed by atoms with E-state index in [1.807, 2.05) is 0 Å². The fourth-order valence-corrected chi connectivity index (χ4v) is 4.78. The molecule has 2 aromatic rings. The van der Waals surface area contributed by atoms with Crippen LogP contribution in [0.2, 0.25) is 0 Å². The second-order valence-electron chi connectivity index (χ2n) is 8.69. The van der Waals surface area contributed by atoms with Gasteiger partial charge in [-0.3, -0.25) is 45.9 Å². The Kier molecular flexibility index (Phi) is 6.73. The first-order valence-electron chi connectivity index (χ1n) is 10.9. The SMILES string of the molecule is O=C(OCC1CC2C/C(=N\Nc3ccc([N+](=O)[O-])cc3[N+](=O)[O-])C1C2)c1cc([N+](=O)[O-])cc([N+](=O)[O-])c1. The van der Waals surface area contributed by atoms with E-state index in [0.29, 0.717) is 12.1 Å². The van der Waals surface area contributed by atoms with E-state index in [0.717, 1.165) is 43.2 Å². The van der Waals surface area contributed by atoms with Gasteiger partial charge in [-0.2, -0.15) is 5.10 Å². The van der Waals surface area contributed by atoms with Crippen molar-refractivity contribution in [3.63, 3.8) is 0 Å². The number of nitro benzene ring substituents is 4. The summed E-state index contributed by atoms with van der Waals surface area (Å²) in [5.74, 6) is -0.918. The number of nitro groups is 4. The summed E-state index contributed by atoms with van der Waals surface area (Å²) >= 11 is 0. The van der Waals surface area contributed by atoms with Crippen LogP contribution < -0.4 is 5.43 Å². The van der Waals surface area contributed by atoms with Gasteiger partial charge in [-0.1, -0.05) is 0 Å². The van der Waals surface area contributed by atoms with Gasteiger partial charge < -0.3 is 4.74 Å². The molecule has 0 heterocycles. The van der Waals surface area contributed by atoms with Crippen LogP contribution in [-0.2, 0) is 4.74 Å². The van der Waals surface area contributed by atoms with Crippen molar-refractivity contribution in [1.82, 2.24) is 0 Å². The number of anilines is 1. The topological polar surface area (TPSA) is 223 Å². The van der Waals surface area contributed by atoms with Crippen molar-refractivity contribution >= 4 is 40.1 Å². The number of hydrogen-bond donors (Lipinski definition) is 1. The summed E-state index contributed by atoms with van der Waals surface area (Å²) in [5.41, 5.74) is 0.848. The highest BCUT2D eigenvalue weighted by atomic mass is 16.6. The Morgan fingerprint density at radius 2 is 1.54 bits per heavy atom. The monoisotopic (exact) mass is 514 g/mol. The third-order valence-electron chi connectivity index (χ3n) is 6.42.